The van der Waals surface area contributed by atoms with Gasteiger partial charge in [0.05, 0.1) is 102 Å². The number of nitrogens with two attached hydrogens (primary N) is 3. The van der Waals surface area contributed by atoms with E-state index in [9.17, 15) is 49.3 Å². The molecule has 0 aromatic heterocycles. The summed E-state index contributed by atoms with van der Waals surface area (Å²) in [5.74, 6) is -1.36. The Labute approximate surface area is 620 Å². The number of aliphatic hydroxyl groups is 1. The van der Waals surface area contributed by atoms with Crippen LogP contribution in [0.3, 0.4) is 0 Å². The van der Waals surface area contributed by atoms with Gasteiger partial charge in [0.15, 0.2) is 0 Å². The van der Waals surface area contributed by atoms with Crippen LogP contribution in [0.2, 0.25) is 0 Å². The van der Waals surface area contributed by atoms with Crippen molar-refractivity contribution in [1.29, 1.82) is 0 Å². The van der Waals surface area contributed by atoms with E-state index in [-0.39, 0.29) is 130 Å². The molecule has 11 rings (SSSR count). The maximum atomic E-state index is 12.6. The van der Waals surface area contributed by atoms with Gasteiger partial charge in [-0.05, 0) is 156 Å². The molecule has 104 heavy (non-hydrogen) atoms. The van der Waals surface area contributed by atoms with Crippen molar-refractivity contribution in [2.45, 2.75) is 249 Å². The van der Waals surface area contributed by atoms with E-state index in [0.717, 1.165) is 51.6 Å². The first-order chi connectivity index (χ1) is 48.3. The van der Waals surface area contributed by atoms with E-state index >= 15 is 0 Å². The number of ether oxygens (including phenoxy) is 13. The van der Waals surface area contributed by atoms with Crippen LogP contribution in [-0.4, -0.2) is 180 Å². The molecule has 0 unspecified atom stereocenters. The van der Waals surface area contributed by atoms with Crippen molar-refractivity contribution in [3.05, 3.63) is 104 Å². The van der Waals surface area contributed by atoms with Crippen molar-refractivity contribution in [2.75, 3.05) is 41.2 Å². The third-order valence-electron chi connectivity index (χ3n) is 21.4. The summed E-state index contributed by atoms with van der Waals surface area (Å²) < 4.78 is 74.5. The van der Waals surface area contributed by atoms with Crippen LogP contribution in [0, 0.1) is 55.7 Å². The van der Waals surface area contributed by atoms with Crippen molar-refractivity contribution in [3.8, 4) is 11.5 Å². The molecule has 582 valence electrons. The van der Waals surface area contributed by atoms with E-state index in [4.69, 9.17) is 85.6 Å². The molecule has 28 nitrogen and oxygen atoms in total. The Morgan fingerprint density at radius 3 is 1.21 bits per heavy atom. The van der Waals surface area contributed by atoms with Crippen LogP contribution in [0.25, 0.3) is 0 Å². The molecular weight excluding hydrogens is 1400 g/mol. The number of methoxy groups -OCH3 is 3. The highest BCUT2D eigenvalue weighted by atomic mass is 35.5. The van der Waals surface area contributed by atoms with Crippen molar-refractivity contribution in [2.24, 2.45) is 52.7 Å². The van der Waals surface area contributed by atoms with Crippen LogP contribution in [0.5, 0.6) is 11.5 Å². The summed E-state index contributed by atoms with van der Waals surface area (Å²) in [4.78, 5) is 77.1. The second kappa shape index (κ2) is 36.1. The quantitative estimate of drug-likeness (QED) is 0.0144. The molecule has 20 atom stereocenters. The number of nitro benzene ring substituents is 2. The van der Waals surface area contributed by atoms with Crippen LogP contribution in [0.15, 0.2) is 83.5 Å². The SMILES string of the molecule is CC(C)[C@@H](N)C(N)=O.CO[C@@H]1[C@H](O)CC[C@]2(CO2)[C@H]1[C@@]1(C)O[C@@H]1CC=C(C)C.CO[C@@H]1[C@H](OC(=O)C[C@@H](C(N)=O)C(C)C)CC[C@]2(CO2)[C@H]1[C@@]1(C)O[C@@H]1CC=C(C)C.CO[C@@H]1[C@H](OC(=O)Oc2ccc([N+](=O)[O-])cc2)CC[C@]2(CO2)[C@H]1[C@@]1(C)O[C@@H]1CC=C(C)C.Cl.O=C(Cl)Oc1ccc([N+](=O)[O-])cc1. The summed E-state index contributed by atoms with van der Waals surface area (Å²) in [6.45, 7) is 28.4. The van der Waals surface area contributed by atoms with Gasteiger partial charge in [0.1, 0.15) is 63.9 Å². The molecule has 6 heterocycles. The van der Waals surface area contributed by atoms with Crippen LogP contribution >= 0.6 is 24.0 Å². The average Bonchev–Trinajstić information content (AvgIpc) is 1.55. The number of nitrogens with zero attached hydrogens (tertiary/aromatic N) is 2. The number of carbonyl (C=O) groups excluding carboxylic acids is 5. The lowest BCUT2D eigenvalue weighted by molar-refractivity contribution is -0.385. The van der Waals surface area contributed by atoms with Gasteiger partial charge in [-0.3, -0.25) is 34.6 Å². The third kappa shape index (κ3) is 21.8. The number of esters is 1. The zero-order valence-electron chi connectivity index (χ0n) is 62.6. The molecule has 3 saturated carbocycles. The van der Waals surface area contributed by atoms with Crippen molar-refractivity contribution in [3.63, 3.8) is 0 Å². The predicted molar refractivity (Wildman–Crippen MR) is 385 cm³/mol. The lowest BCUT2D eigenvalue weighted by atomic mass is 9.68. The third-order valence-corrected chi connectivity index (χ3v) is 21.4. The number of hydrogen-bond donors (Lipinski definition) is 4. The Bertz CT molecular complexity index is 3390. The molecule has 30 heteroatoms. The molecular formula is C74H109Cl2N5O23. The van der Waals surface area contributed by atoms with Crippen LogP contribution in [-0.2, 0) is 66.5 Å². The van der Waals surface area contributed by atoms with Gasteiger partial charge in [-0.15, -0.1) is 12.4 Å². The first-order valence-electron chi connectivity index (χ1n) is 35.2. The number of carbonyl (C=O) groups is 5. The van der Waals surface area contributed by atoms with Crippen molar-refractivity contribution >= 4 is 64.8 Å². The number of hydrogen-bond acceptors (Lipinski definition) is 24. The molecule has 2 amide bonds. The van der Waals surface area contributed by atoms with E-state index < -0.39 is 81.2 Å². The second-order valence-corrected chi connectivity index (χ2v) is 30.5. The Morgan fingerprint density at radius 1 is 0.577 bits per heavy atom. The van der Waals surface area contributed by atoms with Crippen molar-refractivity contribution in [1.82, 2.24) is 0 Å². The highest BCUT2D eigenvalue weighted by Crippen LogP contribution is 2.62. The number of primary amides is 2. The second-order valence-electron chi connectivity index (χ2n) is 30.2. The lowest BCUT2D eigenvalue weighted by Gasteiger charge is -2.42. The normalized spacial score (nSPS) is 33.7. The van der Waals surface area contributed by atoms with Gasteiger partial charge in [-0.1, -0.05) is 62.6 Å². The summed E-state index contributed by atoms with van der Waals surface area (Å²) in [6.07, 6.45) is 10.9. The Balaban J connectivity index is 0.000000217. The van der Waals surface area contributed by atoms with E-state index in [1.807, 2.05) is 27.7 Å². The molecule has 3 aliphatic carbocycles. The molecule has 7 N–H and O–H groups in total. The number of allylic oxidation sites excluding steroid dienone is 3. The summed E-state index contributed by atoms with van der Waals surface area (Å²) in [5, 5.41) is 31.2. The Kier molecular flexibility index (Phi) is 30.1. The zero-order valence-corrected chi connectivity index (χ0v) is 64.2. The van der Waals surface area contributed by atoms with E-state index in [1.165, 1.54) is 65.3 Å². The fourth-order valence-corrected chi connectivity index (χ4v) is 15.2. The largest absolute Gasteiger partial charge is 0.514 e. The molecule has 2 aromatic rings. The highest BCUT2D eigenvalue weighted by Gasteiger charge is 2.75. The number of nitro groups is 2. The van der Waals surface area contributed by atoms with Crippen molar-refractivity contribution < 1.29 is 101 Å². The van der Waals surface area contributed by atoms with E-state index in [1.54, 1.807) is 21.3 Å². The van der Waals surface area contributed by atoms with Gasteiger partial charge in [-0.2, -0.15) is 0 Å². The zero-order chi connectivity index (χ0) is 76.5. The lowest BCUT2D eigenvalue weighted by Crippen LogP contribution is -2.55. The maximum absolute atomic E-state index is 12.6. The summed E-state index contributed by atoms with van der Waals surface area (Å²) >= 11 is 4.92. The minimum absolute atomic E-state index is 0. The van der Waals surface area contributed by atoms with Gasteiger partial charge >= 0.3 is 17.6 Å². The van der Waals surface area contributed by atoms with Gasteiger partial charge in [0, 0.05) is 57.2 Å². The molecule has 9 fully saturated rings. The molecule has 2 aromatic carbocycles. The number of epoxide rings is 6. The minimum atomic E-state index is -0.978. The van der Waals surface area contributed by atoms with Crippen LogP contribution < -0.4 is 26.7 Å². The fraction of sp³-hybridized carbons (Fsp3) is 0.689. The number of amides is 2. The molecule has 0 radical (unpaired) electrons. The standard InChI is InChI=1S/C23H29NO8.C23H37NO6.C16H26O4.C7H4ClNO4.C5H12N2O.ClH/c1-14(2)5-10-18-22(3,32-18)20-19(28-4)17(11-12-23(20)13-29-23)31-21(25)30-16-8-6-15(7-9-16)24(26)27;1-13(2)7-8-17-22(5,30-17)20-19(27-6)16(9-10-23(20)12-28-23)29-18(25)11-15(14(3)4)21(24)26;1-10(2)5-6-12-15(3,20-12)14-13(18-4)11(17)7-8-16(14)9-19-16;8-7(10)13-6-3-1-5(2-4-6)9(11)12;1-3(2)4(6)5(7)8;/h5-9,17-20H,10-13H2,1-4H3;7,14-17,19-20H,8-12H2,1-6H3,(H2,24,26);5,11-14,17H,6-9H2,1-4H3;1-4H;3-4H,6H2,1-2H3,(H2,7,8);1H/t17-,18-,19-,20-,22+,23+;15-,16-,17-,19-,20-,22+,23+;11-,12-,13-,14-,15+,16+;;4-;/m111.1./s1. The first kappa shape index (κ1) is 86.7. The molecule has 9 aliphatic rings. The number of rotatable bonds is 24. The summed E-state index contributed by atoms with van der Waals surface area (Å²) in [5.41, 5.74) is 16.6. The predicted octanol–water partition coefficient (Wildman–Crippen LogP) is 11.2. The molecule has 3 spiro atoms. The van der Waals surface area contributed by atoms with Crippen LogP contribution in [0.1, 0.15) is 154 Å². The Hall–Kier alpha value is -6.25. The number of halogens is 2. The Morgan fingerprint density at radius 2 is 0.923 bits per heavy atom. The van der Waals surface area contributed by atoms with Gasteiger partial charge < -0.3 is 83.9 Å². The maximum Gasteiger partial charge on any atom is 0.514 e. The summed E-state index contributed by atoms with van der Waals surface area (Å²) in [7, 11) is 4.93. The van der Waals surface area contributed by atoms with Crippen LogP contribution in [0.4, 0.5) is 21.0 Å². The minimum Gasteiger partial charge on any atom is -0.460 e. The fourth-order valence-electron chi connectivity index (χ4n) is 15.1. The molecule has 6 aliphatic heterocycles. The monoisotopic (exact) mass is 1510 g/mol. The smallest absolute Gasteiger partial charge is 0.460 e. The van der Waals surface area contributed by atoms with Gasteiger partial charge in [-0.25, -0.2) is 9.59 Å². The van der Waals surface area contributed by atoms with Gasteiger partial charge in [0.25, 0.3) is 11.4 Å². The van der Waals surface area contributed by atoms with E-state index in [0.29, 0.717) is 26.1 Å². The number of benzene rings is 2. The molecule has 0 bridgehead atoms. The molecule has 6 saturated heterocycles. The summed E-state index contributed by atoms with van der Waals surface area (Å²) in [6, 6.07) is 9.77. The first-order valence-corrected chi connectivity index (χ1v) is 35.6. The topological polar surface area (TPSA) is 410 Å². The van der Waals surface area contributed by atoms with E-state index in [2.05, 4.69) is 85.3 Å². The highest BCUT2D eigenvalue weighted by molar-refractivity contribution is 6.61. The number of aliphatic hydroxyl groups excluding tert-OH is 1. The van der Waals surface area contributed by atoms with Gasteiger partial charge in [0.2, 0.25) is 11.8 Å². The average molecular weight is 1510 g/mol. The number of non-ortho nitro benzene ring substituents is 2.